The number of hydrogen-bond acceptors (Lipinski definition) is 3. The van der Waals surface area contributed by atoms with Gasteiger partial charge in [-0.05, 0) is 31.4 Å². The molecule has 0 aliphatic heterocycles. The first-order valence-corrected chi connectivity index (χ1v) is 5.82. The zero-order valence-electron chi connectivity index (χ0n) is 10.1. The molecule has 1 heterocycles. The molecule has 0 bridgehead atoms. The fourth-order valence-electron chi connectivity index (χ4n) is 1.56. The van der Waals surface area contributed by atoms with E-state index in [1.54, 1.807) is 6.20 Å². The van der Waals surface area contributed by atoms with Gasteiger partial charge in [0, 0.05) is 31.8 Å². The number of hydrogen-bond donors (Lipinski definition) is 1. The summed E-state index contributed by atoms with van der Waals surface area (Å²) in [7, 11) is 1.90. The third kappa shape index (κ3) is 4.14. The lowest BCUT2D eigenvalue weighted by atomic mass is 10.0. The van der Waals surface area contributed by atoms with E-state index in [0.29, 0.717) is 31.1 Å². The fraction of sp³-hybridized carbons (Fsp3) is 0.667. The molecule has 1 atom stereocenters. The van der Waals surface area contributed by atoms with Crippen LogP contribution >= 0.6 is 0 Å². The van der Waals surface area contributed by atoms with Gasteiger partial charge in [0.05, 0.1) is 0 Å². The molecule has 2 N–H and O–H groups in total. The molecule has 16 heavy (non-hydrogen) atoms. The van der Waals surface area contributed by atoms with E-state index in [1.807, 2.05) is 17.8 Å². The Labute approximate surface area is 96.8 Å². The van der Waals surface area contributed by atoms with E-state index in [1.165, 1.54) is 0 Å². The van der Waals surface area contributed by atoms with E-state index in [-0.39, 0.29) is 0 Å². The number of ketones is 1. The largest absolute Gasteiger partial charge is 0.330 e. The molecule has 0 spiro atoms. The zero-order chi connectivity index (χ0) is 12.0. The Morgan fingerprint density at radius 3 is 2.88 bits per heavy atom. The van der Waals surface area contributed by atoms with Crippen molar-refractivity contribution in [1.82, 2.24) is 9.78 Å². The second-order valence-corrected chi connectivity index (χ2v) is 4.36. The van der Waals surface area contributed by atoms with E-state index in [2.05, 4.69) is 12.0 Å². The topological polar surface area (TPSA) is 60.9 Å². The SMILES string of the molecule is CC(CN)CCC(=O)CCc1ccnn1C. The van der Waals surface area contributed by atoms with Crippen molar-refractivity contribution in [3.63, 3.8) is 0 Å². The van der Waals surface area contributed by atoms with Crippen molar-refractivity contribution in [2.75, 3.05) is 6.54 Å². The summed E-state index contributed by atoms with van der Waals surface area (Å²) in [6.45, 7) is 2.74. The van der Waals surface area contributed by atoms with Crippen LogP contribution in [0.4, 0.5) is 0 Å². The highest BCUT2D eigenvalue weighted by molar-refractivity contribution is 5.78. The van der Waals surface area contributed by atoms with Crippen LogP contribution in [0, 0.1) is 5.92 Å². The standard InChI is InChI=1S/C12H21N3O/c1-10(9-13)3-5-12(16)6-4-11-7-8-14-15(11)2/h7-8,10H,3-6,9,13H2,1-2H3. The molecule has 90 valence electrons. The smallest absolute Gasteiger partial charge is 0.133 e. The maximum Gasteiger partial charge on any atom is 0.133 e. The minimum atomic E-state index is 0.321. The third-order valence-electron chi connectivity index (χ3n) is 2.90. The van der Waals surface area contributed by atoms with Crippen LogP contribution in [0.3, 0.4) is 0 Å². The Morgan fingerprint density at radius 1 is 1.56 bits per heavy atom. The van der Waals surface area contributed by atoms with E-state index in [9.17, 15) is 4.79 Å². The van der Waals surface area contributed by atoms with Crippen molar-refractivity contribution in [1.29, 1.82) is 0 Å². The van der Waals surface area contributed by atoms with Gasteiger partial charge in [-0.1, -0.05) is 6.92 Å². The monoisotopic (exact) mass is 223 g/mol. The highest BCUT2D eigenvalue weighted by Crippen LogP contribution is 2.08. The minimum absolute atomic E-state index is 0.321. The van der Waals surface area contributed by atoms with Crippen molar-refractivity contribution in [3.05, 3.63) is 18.0 Å². The fourth-order valence-corrected chi connectivity index (χ4v) is 1.56. The van der Waals surface area contributed by atoms with Gasteiger partial charge in [-0.2, -0.15) is 5.10 Å². The summed E-state index contributed by atoms with van der Waals surface area (Å²) < 4.78 is 1.82. The lowest BCUT2D eigenvalue weighted by molar-refractivity contribution is -0.119. The van der Waals surface area contributed by atoms with Gasteiger partial charge >= 0.3 is 0 Å². The number of aromatic nitrogens is 2. The van der Waals surface area contributed by atoms with Gasteiger partial charge in [0.15, 0.2) is 0 Å². The first-order valence-electron chi connectivity index (χ1n) is 5.82. The van der Waals surface area contributed by atoms with Crippen LogP contribution in [-0.4, -0.2) is 22.1 Å². The first-order chi connectivity index (χ1) is 7.63. The van der Waals surface area contributed by atoms with Crippen LogP contribution in [0.2, 0.25) is 0 Å². The van der Waals surface area contributed by atoms with E-state index >= 15 is 0 Å². The maximum atomic E-state index is 11.6. The molecule has 1 aromatic heterocycles. The Kier molecular flexibility index (Phi) is 5.19. The molecule has 0 saturated carbocycles. The highest BCUT2D eigenvalue weighted by Gasteiger charge is 2.07. The maximum absolute atomic E-state index is 11.6. The zero-order valence-corrected chi connectivity index (χ0v) is 10.1. The number of nitrogens with zero attached hydrogens (tertiary/aromatic N) is 2. The Bertz CT molecular complexity index is 333. The number of aryl methyl sites for hydroxylation is 2. The lowest BCUT2D eigenvalue weighted by Crippen LogP contribution is -2.12. The summed E-state index contributed by atoms with van der Waals surface area (Å²) in [5, 5.41) is 4.07. The molecule has 1 aromatic rings. The Balaban J connectivity index is 2.23. The summed E-state index contributed by atoms with van der Waals surface area (Å²) in [5.74, 6) is 0.766. The van der Waals surface area contributed by atoms with E-state index in [4.69, 9.17) is 5.73 Å². The molecule has 0 aromatic carbocycles. The molecule has 0 aliphatic rings. The molecule has 4 heteroatoms. The summed E-state index contributed by atoms with van der Waals surface area (Å²) >= 11 is 0. The van der Waals surface area contributed by atoms with Crippen LogP contribution in [-0.2, 0) is 18.3 Å². The van der Waals surface area contributed by atoms with Gasteiger partial charge < -0.3 is 5.73 Å². The molecule has 4 nitrogen and oxygen atoms in total. The van der Waals surface area contributed by atoms with Gasteiger partial charge in [0.1, 0.15) is 5.78 Å². The number of Topliss-reactive ketones (excluding diaryl/α,β-unsaturated/α-hetero) is 1. The minimum Gasteiger partial charge on any atom is -0.330 e. The predicted octanol–water partition coefficient (Wildman–Crippen LogP) is 1.30. The molecule has 0 amide bonds. The van der Waals surface area contributed by atoms with Crippen LogP contribution < -0.4 is 5.73 Å². The predicted molar refractivity (Wildman–Crippen MR) is 64.0 cm³/mol. The highest BCUT2D eigenvalue weighted by atomic mass is 16.1. The number of nitrogens with two attached hydrogens (primary N) is 1. The van der Waals surface area contributed by atoms with E-state index in [0.717, 1.165) is 18.5 Å². The average molecular weight is 223 g/mol. The van der Waals surface area contributed by atoms with Crippen LogP contribution in [0.25, 0.3) is 0 Å². The second kappa shape index (κ2) is 6.43. The van der Waals surface area contributed by atoms with Gasteiger partial charge in [0.25, 0.3) is 0 Å². The molecule has 0 saturated heterocycles. The number of rotatable bonds is 7. The third-order valence-corrected chi connectivity index (χ3v) is 2.90. The molecule has 0 fully saturated rings. The summed E-state index contributed by atoms with van der Waals surface area (Å²) in [4.78, 5) is 11.6. The first kappa shape index (κ1) is 12.9. The van der Waals surface area contributed by atoms with Crippen molar-refractivity contribution in [2.24, 2.45) is 18.7 Å². The molecule has 0 aliphatic carbocycles. The Morgan fingerprint density at radius 2 is 2.31 bits per heavy atom. The van der Waals surface area contributed by atoms with Crippen molar-refractivity contribution < 1.29 is 4.79 Å². The van der Waals surface area contributed by atoms with Gasteiger partial charge in [-0.15, -0.1) is 0 Å². The lowest BCUT2D eigenvalue weighted by Gasteiger charge is -2.07. The van der Waals surface area contributed by atoms with Crippen LogP contribution in [0.5, 0.6) is 0 Å². The normalized spacial score (nSPS) is 12.7. The number of carbonyl (C=O) groups excluding carboxylic acids is 1. The van der Waals surface area contributed by atoms with Crippen LogP contribution in [0.15, 0.2) is 12.3 Å². The summed E-state index contributed by atoms with van der Waals surface area (Å²) in [6, 6.07) is 1.95. The number of carbonyl (C=O) groups is 1. The molecule has 0 radical (unpaired) electrons. The quantitative estimate of drug-likeness (QED) is 0.758. The summed E-state index contributed by atoms with van der Waals surface area (Å²) in [6.07, 6.45) is 4.70. The average Bonchev–Trinajstić information content (AvgIpc) is 2.69. The molecular formula is C12H21N3O. The van der Waals surface area contributed by atoms with Crippen LogP contribution in [0.1, 0.15) is 31.9 Å². The van der Waals surface area contributed by atoms with E-state index < -0.39 is 0 Å². The second-order valence-electron chi connectivity index (χ2n) is 4.36. The van der Waals surface area contributed by atoms with Gasteiger partial charge in [0.2, 0.25) is 0 Å². The van der Waals surface area contributed by atoms with Crippen molar-refractivity contribution >= 4 is 5.78 Å². The summed E-state index contributed by atoms with van der Waals surface area (Å²) in [5.41, 5.74) is 6.62. The van der Waals surface area contributed by atoms with Crippen molar-refractivity contribution in [3.8, 4) is 0 Å². The molecular weight excluding hydrogens is 202 g/mol. The molecule has 1 unspecified atom stereocenters. The van der Waals surface area contributed by atoms with Gasteiger partial charge in [-0.3, -0.25) is 9.48 Å². The van der Waals surface area contributed by atoms with Gasteiger partial charge in [-0.25, -0.2) is 0 Å². The Hall–Kier alpha value is -1.16. The van der Waals surface area contributed by atoms with Crippen molar-refractivity contribution in [2.45, 2.75) is 32.6 Å². The molecule has 1 rings (SSSR count).